The molecule has 1 aliphatic rings. The van der Waals surface area contributed by atoms with Gasteiger partial charge in [0.1, 0.15) is 11.9 Å². The molecule has 2 N–H and O–H groups in total. The molecule has 1 aromatic carbocycles. The molecular formula is C22H26N6O. The Morgan fingerprint density at radius 3 is 2.31 bits per heavy atom. The van der Waals surface area contributed by atoms with Gasteiger partial charge in [0, 0.05) is 31.9 Å². The maximum absolute atomic E-state index is 12.1. The highest BCUT2D eigenvalue weighted by Gasteiger charge is 2.29. The number of nitrogens with zero attached hydrogens (tertiary/aromatic N) is 5. The van der Waals surface area contributed by atoms with Crippen LogP contribution in [0.15, 0.2) is 54.7 Å². The molecule has 0 radical (unpaired) electrons. The second-order valence-electron chi connectivity index (χ2n) is 7.45. The van der Waals surface area contributed by atoms with Crippen molar-refractivity contribution in [1.29, 1.82) is 0 Å². The average Bonchev–Trinajstić information content (AvgIpc) is 3.07. The Kier molecular flexibility index (Phi) is 5.31. The monoisotopic (exact) mass is 390 g/mol. The van der Waals surface area contributed by atoms with Crippen LogP contribution in [0.5, 0.6) is 0 Å². The van der Waals surface area contributed by atoms with Crippen LogP contribution in [0.1, 0.15) is 23.0 Å². The maximum Gasteiger partial charge on any atom is 0.239 e. The number of anilines is 1. The minimum absolute atomic E-state index is 0.308. The van der Waals surface area contributed by atoms with E-state index in [0.717, 1.165) is 54.6 Å². The normalized spacial score (nSPS) is 16.0. The van der Waals surface area contributed by atoms with Crippen molar-refractivity contribution in [2.75, 3.05) is 31.1 Å². The number of aromatic nitrogens is 3. The van der Waals surface area contributed by atoms with Crippen molar-refractivity contribution in [3.63, 3.8) is 0 Å². The Morgan fingerprint density at radius 1 is 1.03 bits per heavy atom. The van der Waals surface area contributed by atoms with Gasteiger partial charge in [-0.25, -0.2) is 9.67 Å². The van der Waals surface area contributed by atoms with Gasteiger partial charge in [-0.05, 0) is 37.6 Å². The van der Waals surface area contributed by atoms with E-state index in [2.05, 4.69) is 25.9 Å². The number of carbonyl (C=O) groups is 1. The first-order valence-corrected chi connectivity index (χ1v) is 9.86. The predicted molar refractivity (Wildman–Crippen MR) is 113 cm³/mol. The number of hydrogen-bond acceptors (Lipinski definition) is 5. The number of benzene rings is 1. The van der Waals surface area contributed by atoms with Gasteiger partial charge in [-0.3, -0.25) is 9.69 Å². The number of hydrogen-bond donors (Lipinski definition) is 1. The predicted octanol–water partition coefficient (Wildman–Crippen LogP) is 2.23. The second kappa shape index (κ2) is 8.05. The van der Waals surface area contributed by atoms with E-state index in [9.17, 15) is 4.79 Å². The smallest absolute Gasteiger partial charge is 0.239 e. The molecule has 3 aromatic rings. The molecule has 4 rings (SSSR count). The molecule has 1 atom stereocenters. The van der Waals surface area contributed by atoms with Crippen LogP contribution in [-0.4, -0.2) is 51.8 Å². The maximum atomic E-state index is 12.1. The molecule has 3 heterocycles. The summed E-state index contributed by atoms with van der Waals surface area (Å²) in [5.74, 6) is 0.627. The number of primary amides is 1. The molecule has 0 saturated carbocycles. The molecule has 7 heteroatoms. The van der Waals surface area contributed by atoms with Crippen LogP contribution in [0.4, 0.5) is 5.82 Å². The molecule has 0 aliphatic carbocycles. The van der Waals surface area contributed by atoms with Crippen molar-refractivity contribution in [3.8, 4) is 5.69 Å². The zero-order chi connectivity index (χ0) is 20.4. The van der Waals surface area contributed by atoms with Gasteiger partial charge < -0.3 is 10.6 Å². The Morgan fingerprint density at radius 2 is 1.76 bits per heavy atom. The molecule has 29 heavy (non-hydrogen) atoms. The van der Waals surface area contributed by atoms with E-state index in [0.29, 0.717) is 0 Å². The molecular weight excluding hydrogens is 364 g/mol. The lowest BCUT2D eigenvalue weighted by Gasteiger charge is -2.38. The second-order valence-corrected chi connectivity index (χ2v) is 7.45. The number of pyridine rings is 1. The number of rotatable bonds is 5. The topological polar surface area (TPSA) is 80.3 Å². The van der Waals surface area contributed by atoms with E-state index in [-0.39, 0.29) is 11.9 Å². The summed E-state index contributed by atoms with van der Waals surface area (Å²) in [5, 5.41) is 4.51. The molecule has 0 bridgehead atoms. The van der Waals surface area contributed by atoms with Gasteiger partial charge in [-0.1, -0.05) is 30.3 Å². The molecule has 1 saturated heterocycles. The minimum atomic E-state index is -0.389. The number of amides is 1. The molecule has 7 nitrogen and oxygen atoms in total. The summed E-state index contributed by atoms with van der Waals surface area (Å²) < 4.78 is 1.90. The molecule has 1 unspecified atom stereocenters. The molecule has 1 fully saturated rings. The van der Waals surface area contributed by atoms with E-state index in [1.165, 1.54) is 0 Å². The first-order valence-electron chi connectivity index (χ1n) is 9.86. The van der Waals surface area contributed by atoms with Gasteiger partial charge in [0.2, 0.25) is 5.91 Å². The van der Waals surface area contributed by atoms with Crippen LogP contribution in [0.3, 0.4) is 0 Å². The summed E-state index contributed by atoms with van der Waals surface area (Å²) in [4.78, 5) is 21.1. The van der Waals surface area contributed by atoms with E-state index in [1.54, 1.807) is 0 Å². The van der Waals surface area contributed by atoms with Gasteiger partial charge in [0.15, 0.2) is 0 Å². The largest absolute Gasteiger partial charge is 0.368 e. The fraction of sp³-hybridized carbons (Fsp3) is 0.318. The Balaban J connectivity index is 1.44. The van der Waals surface area contributed by atoms with E-state index >= 15 is 0 Å². The fourth-order valence-electron chi connectivity index (χ4n) is 3.98. The summed E-state index contributed by atoms with van der Waals surface area (Å²) in [6.45, 7) is 7.12. The Hall–Kier alpha value is -3.19. The van der Waals surface area contributed by atoms with Crippen LogP contribution < -0.4 is 10.6 Å². The van der Waals surface area contributed by atoms with Crippen LogP contribution in [-0.2, 0) is 4.79 Å². The van der Waals surface area contributed by atoms with Gasteiger partial charge in [0.25, 0.3) is 0 Å². The lowest BCUT2D eigenvalue weighted by Crippen LogP contribution is -2.50. The summed E-state index contributed by atoms with van der Waals surface area (Å²) in [6, 6.07) is 15.5. The van der Waals surface area contributed by atoms with Crippen LogP contribution in [0.25, 0.3) is 5.69 Å². The standard InChI is InChI=1S/C22H26N6O/c1-16-14-17(2)28(25-16)19-8-9-20(24-15-19)26-10-12-27(13-11-26)21(22(23)29)18-6-4-3-5-7-18/h3-9,14-15,21H,10-13H2,1-2H3,(H2,23,29). The number of aryl methyl sites for hydroxylation is 2. The summed E-state index contributed by atoms with van der Waals surface area (Å²) in [5.41, 5.74) is 9.69. The van der Waals surface area contributed by atoms with Crippen LogP contribution >= 0.6 is 0 Å². The third-order valence-corrected chi connectivity index (χ3v) is 5.37. The van der Waals surface area contributed by atoms with Gasteiger partial charge >= 0.3 is 0 Å². The summed E-state index contributed by atoms with van der Waals surface area (Å²) in [7, 11) is 0. The molecule has 0 spiro atoms. The zero-order valence-corrected chi connectivity index (χ0v) is 16.8. The molecule has 150 valence electrons. The SMILES string of the molecule is Cc1cc(C)n(-c2ccc(N3CCN(C(C(N)=O)c4ccccc4)CC3)nc2)n1. The van der Waals surface area contributed by atoms with Gasteiger partial charge in [-0.15, -0.1) is 0 Å². The highest BCUT2D eigenvalue weighted by Crippen LogP contribution is 2.24. The quantitative estimate of drug-likeness (QED) is 0.723. The van der Waals surface area contributed by atoms with Crippen LogP contribution in [0.2, 0.25) is 0 Å². The number of piperazine rings is 1. The third-order valence-electron chi connectivity index (χ3n) is 5.37. The summed E-state index contributed by atoms with van der Waals surface area (Å²) >= 11 is 0. The highest BCUT2D eigenvalue weighted by molar-refractivity contribution is 5.81. The third kappa shape index (κ3) is 4.00. The van der Waals surface area contributed by atoms with E-state index in [4.69, 9.17) is 5.73 Å². The number of carbonyl (C=O) groups excluding carboxylic acids is 1. The van der Waals surface area contributed by atoms with Crippen molar-refractivity contribution in [2.45, 2.75) is 19.9 Å². The number of nitrogens with two attached hydrogens (primary N) is 1. The van der Waals surface area contributed by atoms with Crippen molar-refractivity contribution in [1.82, 2.24) is 19.7 Å². The minimum Gasteiger partial charge on any atom is -0.368 e. The first-order chi connectivity index (χ1) is 14.0. The molecule has 1 aliphatic heterocycles. The van der Waals surface area contributed by atoms with Crippen molar-refractivity contribution in [2.24, 2.45) is 5.73 Å². The van der Waals surface area contributed by atoms with Crippen molar-refractivity contribution in [3.05, 3.63) is 71.7 Å². The lowest BCUT2D eigenvalue weighted by molar-refractivity contribution is -0.123. The lowest BCUT2D eigenvalue weighted by atomic mass is 10.0. The fourth-order valence-corrected chi connectivity index (χ4v) is 3.98. The van der Waals surface area contributed by atoms with Crippen LogP contribution in [0, 0.1) is 13.8 Å². The van der Waals surface area contributed by atoms with Crippen molar-refractivity contribution >= 4 is 11.7 Å². The van der Waals surface area contributed by atoms with E-state index in [1.807, 2.05) is 67.2 Å². The Labute approximate surface area is 170 Å². The van der Waals surface area contributed by atoms with Gasteiger partial charge in [0.05, 0.1) is 17.6 Å². The molecule has 1 amide bonds. The zero-order valence-electron chi connectivity index (χ0n) is 16.8. The van der Waals surface area contributed by atoms with E-state index < -0.39 is 0 Å². The average molecular weight is 390 g/mol. The highest BCUT2D eigenvalue weighted by atomic mass is 16.1. The van der Waals surface area contributed by atoms with Gasteiger partial charge in [-0.2, -0.15) is 5.10 Å². The summed E-state index contributed by atoms with van der Waals surface area (Å²) in [6.07, 6.45) is 1.86. The van der Waals surface area contributed by atoms with Crippen molar-refractivity contribution < 1.29 is 4.79 Å². The molecule has 2 aromatic heterocycles. The Bertz CT molecular complexity index is 974. The first kappa shape index (κ1) is 19.1.